The Kier molecular flexibility index (Phi) is 17.5. The molecule has 13 heteroatoms. The van der Waals surface area contributed by atoms with Gasteiger partial charge >= 0.3 is 0 Å². The number of amides is 5. The SMILES string of the molecule is CCCC[C@H]1C(=O)N(C)[C@@H](CC(C)C)C(=O)N[C@@H](C2CCCCC2)C(=O)N[C@@H](CN)C(=O)N[C@@H](CO)C(=O)NCCN1CCCC. The van der Waals surface area contributed by atoms with Crippen LogP contribution in [0.4, 0.5) is 0 Å². The van der Waals surface area contributed by atoms with E-state index < -0.39 is 60.4 Å². The Morgan fingerprint density at radius 3 is 2.09 bits per heavy atom. The first-order valence-electron chi connectivity index (χ1n) is 17.5. The van der Waals surface area contributed by atoms with Crippen LogP contribution in [-0.2, 0) is 24.0 Å². The van der Waals surface area contributed by atoms with Gasteiger partial charge in [0.05, 0.1) is 12.6 Å². The van der Waals surface area contributed by atoms with Gasteiger partial charge in [-0.15, -0.1) is 0 Å². The molecule has 7 N–H and O–H groups in total. The summed E-state index contributed by atoms with van der Waals surface area (Å²) >= 11 is 0. The van der Waals surface area contributed by atoms with Crippen molar-refractivity contribution < 1.29 is 29.1 Å². The number of likely N-dealkylation sites (N-methyl/N-ethyl adjacent to an activating group) is 1. The molecule has 0 aromatic carbocycles. The summed E-state index contributed by atoms with van der Waals surface area (Å²) in [5, 5.41) is 20.9. The van der Waals surface area contributed by atoms with Gasteiger partial charge in [0.2, 0.25) is 29.5 Å². The Balaban J connectivity index is 2.58. The van der Waals surface area contributed by atoms with Crippen molar-refractivity contribution in [3.05, 3.63) is 0 Å². The number of rotatable bonds is 11. The van der Waals surface area contributed by atoms with Crippen LogP contribution in [0.1, 0.15) is 98.3 Å². The summed E-state index contributed by atoms with van der Waals surface area (Å²) in [6.45, 7) is 8.42. The van der Waals surface area contributed by atoms with E-state index in [2.05, 4.69) is 40.0 Å². The molecule has 46 heavy (non-hydrogen) atoms. The summed E-state index contributed by atoms with van der Waals surface area (Å²) in [4.78, 5) is 72.1. The highest BCUT2D eigenvalue weighted by atomic mass is 16.3. The molecule has 1 saturated carbocycles. The van der Waals surface area contributed by atoms with Crippen molar-refractivity contribution >= 4 is 29.5 Å². The van der Waals surface area contributed by atoms with Crippen LogP contribution in [0.15, 0.2) is 0 Å². The van der Waals surface area contributed by atoms with E-state index in [1.165, 1.54) is 0 Å². The van der Waals surface area contributed by atoms with Crippen LogP contribution in [0.25, 0.3) is 0 Å². The number of nitrogens with one attached hydrogen (secondary N) is 4. The first-order chi connectivity index (χ1) is 22.0. The molecular weight excluding hydrogens is 590 g/mol. The maximum atomic E-state index is 14.3. The number of carbonyl (C=O) groups excluding carboxylic acids is 5. The van der Waals surface area contributed by atoms with Gasteiger partial charge < -0.3 is 37.0 Å². The van der Waals surface area contributed by atoms with Crippen LogP contribution < -0.4 is 27.0 Å². The Labute approximate surface area is 275 Å². The number of nitrogens with two attached hydrogens (primary N) is 1. The highest BCUT2D eigenvalue weighted by molar-refractivity contribution is 5.96. The molecule has 1 heterocycles. The van der Waals surface area contributed by atoms with Gasteiger partial charge in [-0.25, -0.2) is 0 Å². The molecule has 0 bridgehead atoms. The summed E-state index contributed by atoms with van der Waals surface area (Å²) in [7, 11) is 1.67. The Morgan fingerprint density at radius 2 is 1.50 bits per heavy atom. The third-order valence-electron chi connectivity index (χ3n) is 9.25. The highest BCUT2D eigenvalue weighted by Crippen LogP contribution is 2.27. The molecular formula is C33H61N7O6. The molecule has 0 spiro atoms. The van der Waals surface area contributed by atoms with Crippen LogP contribution in [0.2, 0.25) is 0 Å². The fraction of sp³-hybridized carbons (Fsp3) is 0.848. The van der Waals surface area contributed by atoms with Gasteiger partial charge in [0.1, 0.15) is 24.2 Å². The van der Waals surface area contributed by atoms with Gasteiger partial charge in [0, 0.05) is 26.7 Å². The molecule has 0 aromatic rings. The zero-order valence-corrected chi connectivity index (χ0v) is 28.8. The summed E-state index contributed by atoms with van der Waals surface area (Å²) in [6.07, 6.45) is 8.81. The molecule has 2 rings (SSSR count). The molecule has 5 amide bonds. The molecule has 1 aliphatic carbocycles. The largest absolute Gasteiger partial charge is 0.394 e. The first-order valence-corrected chi connectivity index (χ1v) is 17.5. The zero-order valence-electron chi connectivity index (χ0n) is 28.8. The molecule has 2 aliphatic rings. The van der Waals surface area contributed by atoms with Crippen LogP contribution >= 0.6 is 0 Å². The average Bonchev–Trinajstić information content (AvgIpc) is 3.04. The fourth-order valence-corrected chi connectivity index (χ4v) is 6.44. The van der Waals surface area contributed by atoms with Crippen molar-refractivity contribution in [1.82, 2.24) is 31.1 Å². The smallest absolute Gasteiger partial charge is 0.245 e. The molecule has 13 nitrogen and oxygen atoms in total. The molecule has 0 radical (unpaired) electrons. The van der Waals surface area contributed by atoms with Crippen molar-refractivity contribution in [2.45, 2.75) is 129 Å². The minimum atomic E-state index is -1.25. The zero-order chi connectivity index (χ0) is 34.2. The molecule has 2 fully saturated rings. The maximum Gasteiger partial charge on any atom is 0.245 e. The van der Waals surface area contributed by atoms with Gasteiger partial charge in [-0.05, 0) is 50.5 Å². The topological polar surface area (TPSA) is 186 Å². The van der Waals surface area contributed by atoms with Crippen molar-refractivity contribution in [3.63, 3.8) is 0 Å². The van der Waals surface area contributed by atoms with E-state index in [9.17, 15) is 29.1 Å². The molecule has 264 valence electrons. The van der Waals surface area contributed by atoms with E-state index in [0.717, 1.165) is 57.8 Å². The van der Waals surface area contributed by atoms with E-state index in [1.54, 1.807) is 11.9 Å². The second-order valence-corrected chi connectivity index (χ2v) is 13.4. The van der Waals surface area contributed by atoms with E-state index in [-0.39, 0.29) is 30.8 Å². The standard InChI is InChI=1S/C33H61N7O6/c1-6-8-15-26-33(46)39(5)27(19-22(3)4)31(44)38-28(23-13-11-10-12-14-23)32(45)36-24(20-34)30(43)37-25(21-41)29(42)35-16-18-40(26)17-9-7-2/h22-28,41H,6-21,34H2,1-5H3,(H,35,42)(H,36,45)(H,37,43)(H,38,44)/t24-,25-,26-,27-,28-/m0/s1. The lowest BCUT2D eigenvalue weighted by Gasteiger charge is -2.38. The number of hydrogen-bond donors (Lipinski definition) is 6. The fourth-order valence-electron chi connectivity index (χ4n) is 6.44. The predicted molar refractivity (Wildman–Crippen MR) is 177 cm³/mol. The Hall–Kier alpha value is -2.77. The number of aliphatic hydroxyl groups excluding tert-OH is 1. The molecule has 0 aromatic heterocycles. The summed E-state index contributed by atoms with van der Waals surface area (Å²) in [5.74, 6) is -2.44. The monoisotopic (exact) mass is 651 g/mol. The number of unbranched alkanes of at least 4 members (excludes halogenated alkanes) is 2. The van der Waals surface area contributed by atoms with E-state index in [4.69, 9.17) is 5.73 Å². The lowest BCUT2D eigenvalue weighted by Crippen LogP contribution is -2.62. The number of hydrogen-bond acceptors (Lipinski definition) is 8. The number of nitrogens with zero attached hydrogens (tertiary/aromatic N) is 2. The molecule has 1 aliphatic heterocycles. The van der Waals surface area contributed by atoms with Gasteiger partial charge in [-0.1, -0.05) is 66.2 Å². The first kappa shape index (κ1) is 39.4. The number of aliphatic hydroxyl groups is 1. The molecule has 1 saturated heterocycles. The lowest BCUT2D eigenvalue weighted by atomic mass is 9.83. The van der Waals surface area contributed by atoms with Crippen LogP contribution in [0.3, 0.4) is 0 Å². The van der Waals surface area contributed by atoms with Gasteiger partial charge in [0.15, 0.2) is 0 Å². The van der Waals surface area contributed by atoms with Crippen LogP contribution in [-0.4, -0.2) is 114 Å². The maximum absolute atomic E-state index is 14.3. The molecule has 0 unspecified atom stereocenters. The Bertz CT molecular complexity index is 990. The second kappa shape index (κ2) is 20.5. The van der Waals surface area contributed by atoms with E-state index in [1.807, 2.05) is 13.8 Å². The van der Waals surface area contributed by atoms with Gasteiger partial charge in [0.25, 0.3) is 0 Å². The van der Waals surface area contributed by atoms with Crippen LogP contribution in [0.5, 0.6) is 0 Å². The van der Waals surface area contributed by atoms with E-state index in [0.29, 0.717) is 25.9 Å². The molecule has 5 atom stereocenters. The third kappa shape index (κ3) is 11.8. The number of carbonyl (C=O) groups is 5. The van der Waals surface area contributed by atoms with Crippen molar-refractivity contribution in [2.75, 3.05) is 39.8 Å². The third-order valence-corrected chi connectivity index (χ3v) is 9.25. The van der Waals surface area contributed by atoms with Gasteiger partial charge in [-0.3, -0.25) is 28.9 Å². The van der Waals surface area contributed by atoms with Crippen molar-refractivity contribution in [3.8, 4) is 0 Å². The van der Waals surface area contributed by atoms with Crippen molar-refractivity contribution in [1.29, 1.82) is 0 Å². The Morgan fingerprint density at radius 1 is 0.848 bits per heavy atom. The summed E-state index contributed by atoms with van der Waals surface area (Å²) in [5.41, 5.74) is 5.89. The summed E-state index contributed by atoms with van der Waals surface area (Å²) in [6, 6.07) is -4.68. The normalized spacial score (nSPS) is 27.4. The van der Waals surface area contributed by atoms with E-state index >= 15 is 0 Å². The van der Waals surface area contributed by atoms with Crippen LogP contribution in [0, 0.1) is 11.8 Å². The second-order valence-electron chi connectivity index (χ2n) is 13.4. The van der Waals surface area contributed by atoms with Gasteiger partial charge in [-0.2, -0.15) is 0 Å². The minimum Gasteiger partial charge on any atom is -0.394 e. The predicted octanol–water partition coefficient (Wildman–Crippen LogP) is 0.636. The summed E-state index contributed by atoms with van der Waals surface area (Å²) < 4.78 is 0. The quantitative estimate of drug-likeness (QED) is 0.188. The van der Waals surface area contributed by atoms with Crippen molar-refractivity contribution in [2.24, 2.45) is 17.6 Å². The minimum absolute atomic E-state index is 0.0936. The average molecular weight is 652 g/mol. The highest BCUT2D eigenvalue weighted by Gasteiger charge is 2.39. The lowest BCUT2D eigenvalue weighted by molar-refractivity contribution is -0.145.